The third-order valence-corrected chi connectivity index (χ3v) is 6.17. The van der Waals surface area contributed by atoms with Gasteiger partial charge in [0.1, 0.15) is 0 Å². The van der Waals surface area contributed by atoms with Crippen molar-refractivity contribution in [2.24, 2.45) is 5.92 Å². The van der Waals surface area contributed by atoms with Gasteiger partial charge in [-0.2, -0.15) is 13.2 Å². The van der Waals surface area contributed by atoms with Crippen LogP contribution < -0.4 is 5.32 Å². The summed E-state index contributed by atoms with van der Waals surface area (Å²) in [5.41, 5.74) is 1.00. The zero-order valence-corrected chi connectivity index (χ0v) is 16.5. The molecule has 28 heavy (non-hydrogen) atoms. The molecule has 0 aliphatic carbocycles. The normalized spacial score (nSPS) is 20.4. The Kier molecular flexibility index (Phi) is 6.65. The van der Waals surface area contributed by atoms with Gasteiger partial charge in [0.2, 0.25) is 5.91 Å². The molecule has 1 aromatic carbocycles. The molecule has 1 N–H and O–H groups in total. The third-order valence-electron chi connectivity index (χ3n) is 4.81. The zero-order valence-electron chi connectivity index (χ0n) is 14.9. The standard InChI is InChI=1S/C18H20ClF3N2O3S/c19-12-1-2-15-13(9-12)14(5-8-28-15)23-16(25)11-3-6-24(7-4-11)17(26)27-10-18(20,21)22/h1-2,9,11,14H,3-8,10H2,(H,23,25). The summed E-state index contributed by atoms with van der Waals surface area (Å²) < 4.78 is 40.7. The molecule has 1 unspecified atom stereocenters. The maximum Gasteiger partial charge on any atom is 0.422 e. The first-order chi connectivity index (χ1) is 13.2. The van der Waals surface area contributed by atoms with E-state index in [-0.39, 0.29) is 31.0 Å². The van der Waals surface area contributed by atoms with Gasteiger partial charge >= 0.3 is 12.3 Å². The SMILES string of the molecule is O=C(NC1CCSc2ccc(Cl)cc21)C1CCN(C(=O)OCC(F)(F)F)CC1. The summed E-state index contributed by atoms with van der Waals surface area (Å²) in [7, 11) is 0. The number of halogens is 4. The second-order valence-electron chi connectivity index (χ2n) is 6.81. The summed E-state index contributed by atoms with van der Waals surface area (Å²) in [5.74, 6) is 0.498. The van der Waals surface area contributed by atoms with Gasteiger partial charge < -0.3 is 15.0 Å². The molecule has 3 rings (SSSR count). The van der Waals surface area contributed by atoms with Gasteiger partial charge in [-0.25, -0.2) is 4.79 Å². The zero-order chi connectivity index (χ0) is 20.3. The fourth-order valence-electron chi connectivity index (χ4n) is 3.36. The minimum absolute atomic E-state index is 0.105. The number of nitrogens with zero attached hydrogens (tertiary/aromatic N) is 1. The summed E-state index contributed by atoms with van der Waals surface area (Å²) >= 11 is 7.81. The molecule has 10 heteroatoms. The number of amides is 2. The van der Waals surface area contributed by atoms with Crippen molar-refractivity contribution >= 4 is 35.4 Å². The van der Waals surface area contributed by atoms with Crippen molar-refractivity contribution in [2.45, 2.75) is 36.4 Å². The molecule has 0 spiro atoms. The maximum atomic E-state index is 12.7. The lowest BCUT2D eigenvalue weighted by atomic mass is 9.94. The smallest absolute Gasteiger partial charge is 0.422 e. The molecule has 2 heterocycles. The first kappa shape index (κ1) is 21.1. The number of piperidine rings is 1. The maximum absolute atomic E-state index is 12.7. The molecule has 1 fully saturated rings. The van der Waals surface area contributed by atoms with Crippen molar-refractivity contribution < 1.29 is 27.5 Å². The molecule has 1 saturated heterocycles. The lowest BCUT2D eigenvalue weighted by Gasteiger charge is -2.32. The van der Waals surface area contributed by atoms with Crippen LogP contribution in [0.25, 0.3) is 0 Å². The summed E-state index contributed by atoms with van der Waals surface area (Å²) in [6.45, 7) is -1.22. The number of ether oxygens (including phenoxy) is 1. The van der Waals surface area contributed by atoms with Gasteiger partial charge in [0.15, 0.2) is 6.61 Å². The van der Waals surface area contributed by atoms with E-state index in [0.29, 0.717) is 17.9 Å². The summed E-state index contributed by atoms with van der Waals surface area (Å²) in [4.78, 5) is 26.7. The van der Waals surface area contributed by atoms with E-state index in [2.05, 4.69) is 10.1 Å². The van der Waals surface area contributed by atoms with E-state index in [0.717, 1.165) is 22.6 Å². The number of alkyl halides is 3. The number of rotatable bonds is 3. The van der Waals surface area contributed by atoms with Gasteiger partial charge in [-0.05, 0) is 43.0 Å². The highest BCUT2D eigenvalue weighted by molar-refractivity contribution is 7.99. The van der Waals surface area contributed by atoms with E-state index in [1.807, 2.05) is 18.2 Å². The van der Waals surface area contributed by atoms with Crippen LogP contribution in [-0.2, 0) is 9.53 Å². The van der Waals surface area contributed by atoms with Crippen LogP contribution in [0.3, 0.4) is 0 Å². The van der Waals surface area contributed by atoms with Crippen molar-refractivity contribution in [3.8, 4) is 0 Å². The quantitative estimate of drug-likeness (QED) is 0.762. The van der Waals surface area contributed by atoms with E-state index in [1.54, 1.807) is 11.8 Å². The molecule has 0 radical (unpaired) electrons. The molecule has 0 aromatic heterocycles. The van der Waals surface area contributed by atoms with Crippen LogP contribution in [0.4, 0.5) is 18.0 Å². The second-order valence-corrected chi connectivity index (χ2v) is 8.38. The Bertz CT molecular complexity index is 739. The predicted molar refractivity (Wildman–Crippen MR) is 99.4 cm³/mol. The van der Waals surface area contributed by atoms with Gasteiger partial charge in [0, 0.05) is 34.7 Å². The summed E-state index contributed by atoms with van der Waals surface area (Å²) in [6, 6.07) is 5.53. The van der Waals surface area contributed by atoms with Crippen molar-refractivity contribution in [1.82, 2.24) is 10.2 Å². The van der Waals surface area contributed by atoms with E-state index in [1.165, 1.54) is 4.90 Å². The van der Waals surface area contributed by atoms with Gasteiger partial charge in [-0.1, -0.05) is 11.6 Å². The molecule has 2 aliphatic rings. The highest BCUT2D eigenvalue weighted by atomic mass is 35.5. The van der Waals surface area contributed by atoms with E-state index in [9.17, 15) is 22.8 Å². The molecule has 0 bridgehead atoms. The monoisotopic (exact) mass is 436 g/mol. The number of carbonyl (C=O) groups excluding carboxylic acids is 2. The number of thioether (sulfide) groups is 1. The molecule has 1 atom stereocenters. The first-order valence-corrected chi connectivity index (χ1v) is 10.3. The molecular formula is C18H20ClF3N2O3S. The third kappa shape index (κ3) is 5.47. The van der Waals surface area contributed by atoms with Crippen LogP contribution in [0, 0.1) is 5.92 Å². The Morgan fingerprint density at radius 3 is 2.64 bits per heavy atom. The fourth-order valence-corrected chi connectivity index (χ4v) is 4.65. The molecule has 0 saturated carbocycles. The van der Waals surface area contributed by atoms with Gasteiger partial charge in [0.05, 0.1) is 6.04 Å². The van der Waals surface area contributed by atoms with Crippen LogP contribution in [0.15, 0.2) is 23.1 Å². The van der Waals surface area contributed by atoms with Gasteiger partial charge in [-0.15, -0.1) is 11.8 Å². The molecule has 2 amide bonds. The number of benzene rings is 1. The number of hydrogen-bond donors (Lipinski definition) is 1. The summed E-state index contributed by atoms with van der Waals surface area (Å²) in [6.07, 6.45) is -3.98. The lowest BCUT2D eigenvalue weighted by Crippen LogP contribution is -2.44. The Hall–Kier alpha value is -1.61. The molecule has 1 aromatic rings. The van der Waals surface area contributed by atoms with Gasteiger partial charge in [0.25, 0.3) is 0 Å². The average Bonchev–Trinajstić information content (AvgIpc) is 2.66. The minimum Gasteiger partial charge on any atom is -0.440 e. The lowest BCUT2D eigenvalue weighted by molar-refractivity contribution is -0.162. The Labute approximate surface area is 169 Å². The largest absolute Gasteiger partial charge is 0.440 e. The van der Waals surface area contributed by atoms with Crippen molar-refractivity contribution in [1.29, 1.82) is 0 Å². The van der Waals surface area contributed by atoms with E-state index in [4.69, 9.17) is 11.6 Å². The molecule has 2 aliphatic heterocycles. The number of likely N-dealkylation sites (tertiary alicyclic amines) is 1. The molecule has 5 nitrogen and oxygen atoms in total. The van der Waals surface area contributed by atoms with Crippen LogP contribution in [0.1, 0.15) is 30.9 Å². The van der Waals surface area contributed by atoms with E-state index < -0.39 is 18.9 Å². The van der Waals surface area contributed by atoms with Crippen LogP contribution >= 0.6 is 23.4 Å². The number of fused-ring (bicyclic) bond motifs is 1. The van der Waals surface area contributed by atoms with E-state index >= 15 is 0 Å². The molecule has 154 valence electrons. The summed E-state index contributed by atoms with van der Waals surface area (Å²) in [5, 5.41) is 3.68. The van der Waals surface area contributed by atoms with Crippen molar-refractivity contribution in [2.75, 3.05) is 25.4 Å². The second kappa shape index (κ2) is 8.82. The average molecular weight is 437 g/mol. The first-order valence-electron chi connectivity index (χ1n) is 8.94. The van der Waals surface area contributed by atoms with Crippen molar-refractivity contribution in [3.63, 3.8) is 0 Å². The van der Waals surface area contributed by atoms with Gasteiger partial charge in [-0.3, -0.25) is 4.79 Å². The predicted octanol–water partition coefficient (Wildman–Crippen LogP) is 4.40. The fraction of sp³-hybridized carbons (Fsp3) is 0.556. The number of hydrogen-bond acceptors (Lipinski definition) is 4. The number of nitrogens with one attached hydrogen (secondary N) is 1. The Balaban J connectivity index is 1.51. The van der Waals surface area contributed by atoms with Crippen molar-refractivity contribution in [3.05, 3.63) is 28.8 Å². The highest BCUT2D eigenvalue weighted by Gasteiger charge is 2.33. The number of carbonyl (C=O) groups is 2. The minimum atomic E-state index is -4.55. The van der Waals surface area contributed by atoms with Crippen LogP contribution in [-0.4, -0.2) is 48.5 Å². The topological polar surface area (TPSA) is 58.6 Å². The highest BCUT2D eigenvalue weighted by Crippen LogP contribution is 2.37. The Morgan fingerprint density at radius 1 is 1.25 bits per heavy atom. The van der Waals surface area contributed by atoms with Crippen LogP contribution in [0.5, 0.6) is 0 Å². The van der Waals surface area contributed by atoms with Crippen LogP contribution in [0.2, 0.25) is 5.02 Å². The molecular weight excluding hydrogens is 417 g/mol. The Morgan fingerprint density at radius 2 is 1.96 bits per heavy atom.